The topological polar surface area (TPSA) is 55.5 Å². The van der Waals surface area contributed by atoms with Crippen molar-refractivity contribution in [2.75, 3.05) is 13.7 Å². The van der Waals surface area contributed by atoms with Gasteiger partial charge < -0.3 is 15.6 Å². The van der Waals surface area contributed by atoms with Crippen molar-refractivity contribution in [3.63, 3.8) is 0 Å². The molecule has 0 bridgehead atoms. The number of ether oxygens (including phenoxy) is 1. The molecule has 1 aliphatic rings. The highest BCUT2D eigenvalue weighted by Gasteiger charge is 2.51. The van der Waals surface area contributed by atoms with Gasteiger partial charge in [0.1, 0.15) is 5.75 Å². The second-order valence-electron chi connectivity index (χ2n) is 5.07. The van der Waals surface area contributed by atoms with E-state index < -0.39 is 5.60 Å². The number of rotatable bonds is 3. The molecule has 1 aliphatic carbocycles. The fourth-order valence-corrected chi connectivity index (χ4v) is 2.83. The van der Waals surface area contributed by atoms with E-state index >= 15 is 0 Å². The third-order valence-electron chi connectivity index (χ3n) is 3.51. The molecular formula is C13H19NO2. The van der Waals surface area contributed by atoms with Crippen LogP contribution < -0.4 is 10.5 Å². The van der Waals surface area contributed by atoms with Crippen LogP contribution >= 0.6 is 0 Å². The molecule has 3 nitrogen and oxygen atoms in total. The Labute approximate surface area is 96.2 Å². The van der Waals surface area contributed by atoms with Crippen molar-refractivity contribution in [3.8, 4) is 5.75 Å². The average Bonchev–Trinajstić information content (AvgIpc) is 2.25. The van der Waals surface area contributed by atoms with E-state index in [4.69, 9.17) is 10.5 Å². The second-order valence-corrected chi connectivity index (χ2v) is 5.07. The number of hydrogen-bond donors (Lipinski definition) is 2. The van der Waals surface area contributed by atoms with Crippen LogP contribution in [0.4, 0.5) is 0 Å². The lowest BCUT2D eigenvalue weighted by atomic mass is 9.57. The van der Waals surface area contributed by atoms with Gasteiger partial charge in [-0.2, -0.15) is 0 Å². The molecule has 0 amide bonds. The minimum Gasteiger partial charge on any atom is -0.497 e. The van der Waals surface area contributed by atoms with Crippen LogP contribution in [0.5, 0.6) is 5.75 Å². The van der Waals surface area contributed by atoms with Crippen LogP contribution in [0, 0.1) is 0 Å². The Bertz CT molecular complexity index is 379. The van der Waals surface area contributed by atoms with Crippen molar-refractivity contribution in [3.05, 3.63) is 29.8 Å². The Morgan fingerprint density at radius 1 is 1.44 bits per heavy atom. The Morgan fingerprint density at radius 3 is 2.62 bits per heavy atom. The molecule has 1 aromatic rings. The molecule has 3 heteroatoms. The van der Waals surface area contributed by atoms with Crippen LogP contribution in [0.2, 0.25) is 0 Å². The molecule has 16 heavy (non-hydrogen) atoms. The summed E-state index contributed by atoms with van der Waals surface area (Å²) in [6, 6.07) is 7.97. The highest BCUT2D eigenvalue weighted by atomic mass is 16.5. The molecule has 0 atom stereocenters. The number of nitrogens with two attached hydrogens (primary N) is 1. The lowest BCUT2D eigenvalue weighted by Crippen LogP contribution is -2.56. The highest BCUT2D eigenvalue weighted by Crippen LogP contribution is 2.49. The fraction of sp³-hybridized carbons (Fsp3) is 0.538. The SMILES string of the molecule is COc1cccc(C2(CN)CC(C)(O)C2)c1. The molecule has 0 spiro atoms. The summed E-state index contributed by atoms with van der Waals surface area (Å²) in [7, 11) is 1.66. The molecule has 0 radical (unpaired) electrons. The summed E-state index contributed by atoms with van der Waals surface area (Å²) >= 11 is 0. The molecule has 3 N–H and O–H groups in total. The van der Waals surface area contributed by atoms with Gasteiger partial charge in [-0.15, -0.1) is 0 Å². The summed E-state index contributed by atoms with van der Waals surface area (Å²) in [4.78, 5) is 0. The van der Waals surface area contributed by atoms with E-state index in [0.29, 0.717) is 6.54 Å². The molecule has 1 aromatic carbocycles. The van der Waals surface area contributed by atoms with Crippen molar-refractivity contribution < 1.29 is 9.84 Å². The average molecular weight is 221 g/mol. The van der Waals surface area contributed by atoms with Crippen LogP contribution in [0.3, 0.4) is 0 Å². The summed E-state index contributed by atoms with van der Waals surface area (Å²) in [6.45, 7) is 2.43. The summed E-state index contributed by atoms with van der Waals surface area (Å²) < 4.78 is 5.21. The van der Waals surface area contributed by atoms with E-state index in [2.05, 4.69) is 6.07 Å². The summed E-state index contributed by atoms with van der Waals surface area (Å²) in [5, 5.41) is 9.88. The zero-order chi connectivity index (χ0) is 11.8. The third kappa shape index (κ3) is 1.81. The van der Waals surface area contributed by atoms with Crippen molar-refractivity contribution >= 4 is 0 Å². The van der Waals surface area contributed by atoms with Gasteiger partial charge in [-0.05, 0) is 37.5 Å². The van der Waals surface area contributed by atoms with Gasteiger partial charge >= 0.3 is 0 Å². The molecule has 0 unspecified atom stereocenters. The predicted molar refractivity (Wildman–Crippen MR) is 63.6 cm³/mol. The maximum absolute atomic E-state index is 9.88. The first kappa shape index (κ1) is 11.4. The van der Waals surface area contributed by atoms with E-state index in [1.54, 1.807) is 7.11 Å². The Morgan fingerprint density at radius 2 is 2.12 bits per heavy atom. The summed E-state index contributed by atoms with van der Waals surface area (Å²) in [6.07, 6.45) is 1.45. The van der Waals surface area contributed by atoms with Gasteiger partial charge in [-0.1, -0.05) is 12.1 Å². The maximum Gasteiger partial charge on any atom is 0.119 e. The summed E-state index contributed by atoms with van der Waals surface area (Å²) in [5.74, 6) is 0.844. The van der Waals surface area contributed by atoms with Gasteiger partial charge in [-0.3, -0.25) is 0 Å². The molecule has 2 rings (SSSR count). The molecule has 0 aliphatic heterocycles. The van der Waals surface area contributed by atoms with Crippen LogP contribution in [0.25, 0.3) is 0 Å². The lowest BCUT2D eigenvalue weighted by molar-refractivity contribution is -0.0726. The molecular weight excluding hydrogens is 202 g/mol. The van der Waals surface area contributed by atoms with E-state index in [-0.39, 0.29) is 5.41 Å². The van der Waals surface area contributed by atoms with Crippen molar-refractivity contribution in [2.45, 2.75) is 30.8 Å². The van der Waals surface area contributed by atoms with E-state index in [0.717, 1.165) is 18.6 Å². The van der Waals surface area contributed by atoms with Gasteiger partial charge in [0.15, 0.2) is 0 Å². The highest BCUT2D eigenvalue weighted by molar-refractivity contribution is 5.37. The van der Waals surface area contributed by atoms with Crippen LogP contribution in [0.15, 0.2) is 24.3 Å². The second kappa shape index (κ2) is 3.75. The van der Waals surface area contributed by atoms with Gasteiger partial charge in [-0.25, -0.2) is 0 Å². The number of hydrogen-bond acceptors (Lipinski definition) is 3. The molecule has 1 saturated carbocycles. The van der Waals surface area contributed by atoms with E-state index in [9.17, 15) is 5.11 Å². The maximum atomic E-state index is 9.88. The fourth-order valence-electron chi connectivity index (χ4n) is 2.83. The lowest BCUT2D eigenvalue weighted by Gasteiger charge is -2.52. The van der Waals surface area contributed by atoms with E-state index in [1.165, 1.54) is 5.56 Å². The van der Waals surface area contributed by atoms with Gasteiger partial charge in [0.2, 0.25) is 0 Å². The standard InChI is InChI=1S/C13H19NO2/c1-12(15)7-13(8-12,9-14)10-4-3-5-11(6-10)16-2/h3-6,15H,7-9,14H2,1-2H3. The number of benzene rings is 1. The molecule has 0 heterocycles. The van der Waals surface area contributed by atoms with E-state index in [1.807, 2.05) is 25.1 Å². The predicted octanol–water partition coefficient (Wildman–Crippen LogP) is 1.44. The minimum atomic E-state index is -0.567. The Balaban J connectivity index is 2.28. The van der Waals surface area contributed by atoms with Gasteiger partial charge in [0.25, 0.3) is 0 Å². The normalized spacial score (nSPS) is 33.2. The van der Waals surface area contributed by atoms with Crippen molar-refractivity contribution in [1.29, 1.82) is 0 Å². The minimum absolute atomic E-state index is 0.0714. The Hall–Kier alpha value is -1.06. The molecule has 88 valence electrons. The zero-order valence-corrected chi connectivity index (χ0v) is 9.86. The van der Waals surface area contributed by atoms with Crippen molar-refractivity contribution in [2.24, 2.45) is 5.73 Å². The van der Waals surface area contributed by atoms with Gasteiger partial charge in [0, 0.05) is 12.0 Å². The first-order valence-electron chi connectivity index (χ1n) is 5.58. The quantitative estimate of drug-likeness (QED) is 0.812. The third-order valence-corrected chi connectivity index (χ3v) is 3.51. The van der Waals surface area contributed by atoms with Crippen LogP contribution in [-0.2, 0) is 5.41 Å². The molecule has 0 aromatic heterocycles. The van der Waals surface area contributed by atoms with Crippen LogP contribution in [-0.4, -0.2) is 24.4 Å². The molecule has 1 fully saturated rings. The monoisotopic (exact) mass is 221 g/mol. The van der Waals surface area contributed by atoms with Crippen molar-refractivity contribution in [1.82, 2.24) is 0 Å². The number of methoxy groups -OCH3 is 1. The smallest absolute Gasteiger partial charge is 0.119 e. The first-order valence-corrected chi connectivity index (χ1v) is 5.58. The van der Waals surface area contributed by atoms with Crippen LogP contribution in [0.1, 0.15) is 25.3 Å². The zero-order valence-electron chi connectivity index (χ0n) is 9.86. The molecule has 0 saturated heterocycles. The first-order chi connectivity index (χ1) is 7.51. The van der Waals surface area contributed by atoms with Gasteiger partial charge in [0.05, 0.1) is 12.7 Å². The Kier molecular flexibility index (Phi) is 2.68. The summed E-state index contributed by atoms with van der Waals surface area (Å²) in [5.41, 5.74) is 6.39. The number of aliphatic hydroxyl groups is 1. The largest absolute Gasteiger partial charge is 0.497 e.